The van der Waals surface area contributed by atoms with Gasteiger partial charge in [-0.2, -0.15) is 28.2 Å². The summed E-state index contributed by atoms with van der Waals surface area (Å²) in [6.07, 6.45) is 0.236. The molecule has 7 nitrogen and oxygen atoms in total. The maximum Gasteiger partial charge on any atom is 0.416 e. The summed E-state index contributed by atoms with van der Waals surface area (Å²) in [4.78, 5) is 19.9. The van der Waals surface area contributed by atoms with E-state index in [0.717, 1.165) is 16.9 Å². The lowest BCUT2D eigenvalue weighted by molar-refractivity contribution is -0.137. The molecule has 31 heavy (non-hydrogen) atoms. The minimum Gasteiger partial charge on any atom is -0.368 e. The van der Waals surface area contributed by atoms with Crippen molar-refractivity contribution in [1.29, 1.82) is 0 Å². The Morgan fingerprint density at radius 3 is 2.52 bits per heavy atom. The average Bonchev–Trinajstić information content (AvgIpc) is 3.28. The first-order chi connectivity index (χ1) is 14.7. The van der Waals surface area contributed by atoms with E-state index in [1.165, 1.54) is 29.6 Å². The predicted molar refractivity (Wildman–Crippen MR) is 110 cm³/mol. The van der Waals surface area contributed by atoms with Crippen LogP contribution in [0.5, 0.6) is 0 Å². The third kappa shape index (κ3) is 5.32. The molecule has 0 aliphatic rings. The smallest absolute Gasteiger partial charge is 0.368 e. The highest BCUT2D eigenvalue weighted by molar-refractivity contribution is 6.30. The highest BCUT2D eigenvalue weighted by Crippen LogP contribution is 2.31. The molecule has 1 atom stereocenters. The zero-order chi connectivity index (χ0) is 22.6. The van der Waals surface area contributed by atoms with Gasteiger partial charge < -0.3 is 10.2 Å². The second-order valence-electron chi connectivity index (χ2n) is 6.77. The zero-order valence-corrected chi connectivity index (χ0v) is 17.5. The van der Waals surface area contributed by atoms with E-state index in [-0.39, 0.29) is 17.3 Å². The second kappa shape index (κ2) is 9.34. The third-order valence-corrected chi connectivity index (χ3v) is 5.00. The van der Waals surface area contributed by atoms with Gasteiger partial charge in [0.15, 0.2) is 0 Å². The first-order valence-electron chi connectivity index (χ1n) is 9.41. The predicted octanol–water partition coefficient (Wildman–Crippen LogP) is 4.30. The van der Waals surface area contributed by atoms with Gasteiger partial charge in [0.25, 0.3) is 5.91 Å². The summed E-state index contributed by atoms with van der Waals surface area (Å²) < 4.78 is 39.8. The van der Waals surface area contributed by atoms with Crippen LogP contribution < -0.4 is 5.32 Å². The molecule has 0 fully saturated rings. The van der Waals surface area contributed by atoms with Crippen LogP contribution in [0.2, 0.25) is 5.02 Å². The van der Waals surface area contributed by atoms with Crippen LogP contribution in [0.15, 0.2) is 48.9 Å². The number of alkyl halides is 3. The number of likely N-dealkylation sites (N-methyl/N-ethyl adjacent to an activating group) is 1. The third-order valence-electron chi connectivity index (χ3n) is 4.77. The number of anilines is 1. The minimum atomic E-state index is -4.59. The number of nitrogens with one attached hydrogen (secondary N) is 1. The number of carbonyl (C=O) groups excluding carboxylic acids is 1. The SMILES string of the molecule is CCC(CNc1ccc(Cl)cn1)N(C)C(=O)c1cc(C(F)(F)F)ccc1-n1nccn1. The Labute approximate surface area is 181 Å². The first kappa shape index (κ1) is 22.5. The Hall–Kier alpha value is -3.14. The van der Waals surface area contributed by atoms with E-state index in [0.29, 0.717) is 23.8 Å². The molecule has 1 unspecified atom stereocenters. The van der Waals surface area contributed by atoms with Gasteiger partial charge >= 0.3 is 6.18 Å². The van der Waals surface area contributed by atoms with Crippen LogP contribution in [-0.2, 0) is 6.18 Å². The maximum absolute atomic E-state index is 13.3. The minimum absolute atomic E-state index is 0.142. The van der Waals surface area contributed by atoms with Crippen molar-refractivity contribution in [2.75, 3.05) is 18.9 Å². The standard InChI is InChI=1S/C20H20ClF3N6O/c1-3-15(12-26-18-7-5-14(21)11-25-18)29(2)19(31)16-10-13(20(22,23)24)4-6-17(16)30-27-8-9-28-30/h4-11,15H,3,12H2,1-2H3,(H,25,26). The lowest BCUT2D eigenvalue weighted by Crippen LogP contribution is -2.41. The van der Waals surface area contributed by atoms with Gasteiger partial charge in [0, 0.05) is 25.8 Å². The molecule has 0 spiro atoms. The molecule has 1 N–H and O–H groups in total. The summed E-state index contributed by atoms with van der Waals surface area (Å²) in [6.45, 7) is 2.23. The molecule has 1 aromatic carbocycles. The summed E-state index contributed by atoms with van der Waals surface area (Å²) in [5.41, 5.74) is -0.898. The molecule has 1 amide bonds. The largest absolute Gasteiger partial charge is 0.416 e. The number of pyridine rings is 1. The number of halogens is 4. The molecule has 0 saturated carbocycles. The zero-order valence-electron chi connectivity index (χ0n) is 16.8. The molecule has 0 bridgehead atoms. The van der Waals surface area contributed by atoms with Crippen molar-refractivity contribution in [1.82, 2.24) is 24.9 Å². The molecule has 0 saturated heterocycles. The molecule has 3 rings (SSSR count). The van der Waals surface area contributed by atoms with Crippen LogP contribution in [0.25, 0.3) is 5.69 Å². The molecule has 2 aromatic heterocycles. The number of aromatic nitrogens is 4. The summed E-state index contributed by atoms with van der Waals surface area (Å²) in [5.74, 6) is 0.000290. The maximum atomic E-state index is 13.3. The summed E-state index contributed by atoms with van der Waals surface area (Å²) in [5, 5.41) is 11.5. The second-order valence-corrected chi connectivity index (χ2v) is 7.21. The monoisotopic (exact) mass is 452 g/mol. The highest BCUT2D eigenvalue weighted by Gasteiger charge is 2.33. The van der Waals surface area contributed by atoms with Gasteiger partial charge in [-0.1, -0.05) is 18.5 Å². The number of hydrogen-bond acceptors (Lipinski definition) is 5. The molecular weight excluding hydrogens is 433 g/mol. The van der Waals surface area contributed by atoms with Crippen molar-refractivity contribution >= 4 is 23.3 Å². The van der Waals surface area contributed by atoms with Crippen LogP contribution in [0.1, 0.15) is 29.3 Å². The van der Waals surface area contributed by atoms with Gasteiger partial charge in [0.05, 0.1) is 34.2 Å². The molecule has 3 aromatic rings. The van der Waals surface area contributed by atoms with E-state index in [4.69, 9.17) is 11.6 Å². The lowest BCUT2D eigenvalue weighted by atomic mass is 10.1. The number of carbonyl (C=O) groups is 1. The van der Waals surface area contributed by atoms with Crippen molar-refractivity contribution in [2.24, 2.45) is 0 Å². The van der Waals surface area contributed by atoms with Crippen LogP contribution in [0.4, 0.5) is 19.0 Å². The first-order valence-corrected chi connectivity index (χ1v) is 9.79. The van der Waals surface area contributed by atoms with Crippen molar-refractivity contribution in [3.05, 3.63) is 65.1 Å². The van der Waals surface area contributed by atoms with Gasteiger partial charge in [-0.3, -0.25) is 4.79 Å². The number of benzene rings is 1. The number of amides is 1. The van der Waals surface area contributed by atoms with Gasteiger partial charge in [-0.25, -0.2) is 4.98 Å². The number of rotatable bonds is 7. The number of hydrogen-bond donors (Lipinski definition) is 1. The normalized spacial score (nSPS) is 12.5. The molecule has 0 aliphatic heterocycles. The molecule has 11 heteroatoms. The van der Waals surface area contributed by atoms with E-state index >= 15 is 0 Å². The van der Waals surface area contributed by atoms with Crippen LogP contribution in [0, 0.1) is 0 Å². The molecular formula is C20H20ClF3N6O. The fourth-order valence-electron chi connectivity index (χ4n) is 3.01. The van der Waals surface area contributed by atoms with Crippen LogP contribution in [-0.4, -0.2) is 50.4 Å². The lowest BCUT2D eigenvalue weighted by Gasteiger charge is -2.28. The van der Waals surface area contributed by atoms with Crippen molar-refractivity contribution in [3.8, 4) is 5.69 Å². The average molecular weight is 453 g/mol. The highest BCUT2D eigenvalue weighted by atomic mass is 35.5. The van der Waals surface area contributed by atoms with Crippen molar-refractivity contribution in [3.63, 3.8) is 0 Å². The Kier molecular flexibility index (Phi) is 6.79. The quantitative estimate of drug-likeness (QED) is 0.578. The molecule has 2 heterocycles. The van der Waals surface area contributed by atoms with E-state index in [1.807, 2.05) is 6.92 Å². The Morgan fingerprint density at radius 1 is 1.23 bits per heavy atom. The Balaban J connectivity index is 1.87. The van der Waals surface area contributed by atoms with Gasteiger partial charge in [-0.05, 0) is 36.8 Å². The summed E-state index contributed by atoms with van der Waals surface area (Å²) in [6, 6.07) is 6.00. The Morgan fingerprint density at radius 2 is 1.94 bits per heavy atom. The van der Waals surface area contributed by atoms with Gasteiger partial charge in [0.1, 0.15) is 5.82 Å². The van der Waals surface area contributed by atoms with Gasteiger partial charge in [0.2, 0.25) is 0 Å². The van der Waals surface area contributed by atoms with E-state index in [9.17, 15) is 18.0 Å². The summed E-state index contributed by atoms with van der Waals surface area (Å²) >= 11 is 5.83. The molecule has 0 radical (unpaired) electrons. The molecule has 0 aliphatic carbocycles. The van der Waals surface area contributed by atoms with E-state index in [1.54, 1.807) is 19.2 Å². The van der Waals surface area contributed by atoms with Crippen molar-refractivity contribution in [2.45, 2.75) is 25.6 Å². The fourth-order valence-corrected chi connectivity index (χ4v) is 3.12. The van der Waals surface area contributed by atoms with Gasteiger partial charge in [-0.15, -0.1) is 0 Å². The summed E-state index contributed by atoms with van der Waals surface area (Å²) in [7, 11) is 1.55. The van der Waals surface area contributed by atoms with E-state index in [2.05, 4.69) is 20.5 Å². The fraction of sp³-hybridized carbons (Fsp3) is 0.300. The number of nitrogens with zero attached hydrogens (tertiary/aromatic N) is 5. The van der Waals surface area contributed by atoms with Crippen LogP contribution in [0.3, 0.4) is 0 Å². The van der Waals surface area contributed by atoms with Crippen molar-refractivity contribution < 1.29 is 18.0 Å². The Bertz CT molecular complexity index is 1020. The molecule has 164 valence electrons. The topological polar surface area (TPSA) is 75.9 Å². The van der Waals surface area contributed by atoms with Crippen LogP contribution >= 0.6 is 11.6 Å². The van der Waals surface area contributed by atoms with E-state index < -0.39 is 17.6 Å².